The first-order valence-corrected chi connectivity index (χ1v) is 10.5. The predicted octanol–water partition coefficient (Wildman–Crippen LogP) is 4.71. The van der Waals surface area contributed by atoms with Gasteiger partial charge in [-0.05, 0) is 54.6 Å². The average Bonchev–Trinajstić information content (AvgIpc) is 2.82. The molecule has 0 aliphatic heterocycles. The van der Waals surface area contributed by atoms with E-state index in [1.807, 2.05) is 0 Å². The molecular weight excluding hydrogens is 461 g/mol. The fraction of sp³-hybridized carbons (Fsp3) is 0.160. The van der Waals surface area contributed by atoms with Crippen LogP contribution < -0.4 is 16.0 Å². The van der Waals surface area contributed by atoms with Crippen molar-refractivity contribution in [2.45, 2.75) is 6.18 Å². The number of amides is 3. The summed E-state index contributed by atoms with van der Waals surface area (Å²) in [5.74, 6) is -1.19. The highest BCUT2D eigenvalue weighted by Crippen LogP contribution is 2.30. The number of hydrogen-bond acceptors (Lipinski definition) is 4. The van der Waals surface area contributed by atoms with Crippen LogP contribution in [0.4, 0.5) is 30.2 Å². The molecule has 0 saturated heterocycles. The zero-order valence-corrected chi connectivity index (χ0v) is 18.9. The Morgan fingerprint density at radius 3 is 2.00 bits per heavy atom. The third-order valence-electron chi connectivity index (χ3n) is 4.83. The van der Waals surface area contributed by atoms with E-state index in [2.05, 4.69) is 16.0 Å². The third-order valence-corrected chi connectivity index (χ3v) is 4.83. The summed E-state index contributed by atoms with van der Waals surface area (Å²) in [6, 6.07) is 17.0. The Labute approximate surface area is 199 Å². The smallest absolute Gasteiger partial charge is 0.376 e. The lowest BCUT2D eigenvalue weighted by Gasteiger charge is -2.13. The maximum Gasteiger partial charge on any atom is 0.416 e. The highest BCUT2D eigenvalue weighted by atomic mass is 19.4. The van der Waals surface area contributed by atoms with Gasteiger partial charge in [-0.3, -0.25) is 14.4 Å². The number of benzene rings is 3. The van der Waals surface area contributed by atoms with Gasteiger partial charge in [-0.15, -0.1) is 0 Å². The molecule has 3 N–H and O–H groups in total. The molecule has 0 spiro atoms. The van der Waals surface area contributed by atoms with Gasteiger partial charge in [-0.2, -0.15) is 13.2 Å². The fourth-order valence-corrected chi connectivity index (χ4v) is 3.12. The van der Waals surface area contributed by atoms with Crippen molar-refractivity contribution in [3.8, 4) is 0 Å². The molecule has 0 aromatic heterocycles. The van der Waals surface area contributed by atoms with Crippen molar-refractivity contribution < 1.29 is 27.6 Å². The molecule has 182 valence electrons. The number of anilines is 3. The number of nitrogens with zero attached hydrogens (tertiary/aromatic N) is 1. The minimum atomic E-state index is -4.53. The molecule has 0 aliphatic rings. The summed E-state index contributed by atoms with van der Waals surface area (Å²) in [6.45, 7) is -0.0970. The van der Waals surface area contributed by atoms with E-state index in [1.165, 1.54) is 29.2 Å². The topological polar surface area (TPSA) is 90.5 Å². The van der Waals surface area contributed by atoms with Gasteiger partial charge in [-0.1, -0.05) is 18.2 Å². The van der Waals surface area contributed by atoms with Crippen LogP contribution in [0, 0.1) is 0 Å². The largest absolute Gasteiger partial charge is 0.416 e. The van der Waals surface area contributed by atoms with E-state index < -0.39 is 23.6 Å². The molecule has 3 amide bonds. The number of halogens is 3. The van der Waals surface area contributed by atoms with Crippen molar-refractivity contribution in [1.82, 2.24) is 4.90 Å². The Hall–Kier alpha value is -4.34. The van der Waals surface area contributed by atoms with E-state index in [0.717, 1.165) is 12.1 Å². The summed E-state index contributed by atoms with van der Waals surface area (Å²) in [4.78, 5) is 38.4. The van der Waals surface area contributed by atoms with E-state index in [-0.39, 0.29) is 23.7 Å². The van der Waals surface area contributed by atoms with Gasteiger partial charge >= 0.3 is 6.18 Å². The zero-order chi connectivity index (χ0) is 25.6. The molecular formula is C25H23F3N4O3. The van der Waals surface area contributed by atoms with Gasteiger partial charge in [0.05, 0.1) is 12.1 Å². The molecule has 7 nitrogen and oxygen atoms in total. The Morgan fingerprint density at radius 2 is 1.34 bits per heavy atom. The standard InChI is InChI=1S/C25H23F3N4O3/c1-32(2)24(35)17-7-4-9-19(13-17)29-15-22(33)30-20-10-3-6-16(12-20)23(34)31-21-11-5-8-18(14-21)25(26,27)28/h3-14,29H,15H2,1-2H3,(H,30,33)(H,31,34). The molecule has 0 fully saturated rings. The van der Waals surface area contributed by atoms with Gasteiger partial charge in [0.25, 0.3) is 11.8 Å². The highest BCUT2D eigenvalue weighted by molar-refractivity contribution is 6.05. The Bertz CT molecular complexity index is 1240. The zero-order valence-electron chi connectivity index (χ0n) is 18.9. The van der Waals surface area contributed by atoms with Crippen LogP contribution in [0.1, 0.15) is 26.3 Å². The first kappa shape index (κ1) is 25.3. The molecule has 10 heteroatoms. The first-order chi connectivity index (χ1) is 16.5. The number of nitrogens with one attached hydrogen (secondary N) is 3. The molecule has 35 heavy (non-hydrogen) atoms. The van der Waals surface area contributed by atoms with Crippen molar-refractivity contribution in [2.75, 3.05) is 36.6 Å². The molecule has 0 heterocycles. The summed E-state index contributed by atoms with van der Waals surface area (Å²) in [6.07, 6.45) is -4.53. The number of carbonyl (C=O) groups is 3. The van der Waals surface area contributed by atoms with Crippen LogP contribution in [0.2, 0.25) is 0 Å². The second-order valence-corrected chi connectivity index (χ2v) is 7.80. The van der Waals surface area contributed by atoms with Crippen LogP contribution in [0.15, 0.2) is 72.8 Å². The Kier molecular flexibility index (Phi) is 7.75. The molecule has 0 saturated carbocycles. The molecule has 0 atom stereocenters. The van der Waals surface area contributed by atoms with Crippen molar-refractivity contribution in [1.29, 1.82) is 0 Å². The van der Waals surface area contributed by atoms with Crippen LogP contribution >= 0.6 is 0 Å². The average molecular weight is 484 g/mol. The molecule has 3 rings (SSSR count). The van der Waals surface area contributed by atoms with Gasteiger partial charge in [0.15, 0.2) is 0 Å². The van der Waals surface area contributed by atoms with E-state index in [9.17, 15) is 27.6 Å². The van der Waals surface area contributed by atoms with Gasteiger partial charge in [-0.25, -0.2) is 0 Å². The SMILES string of the molecule is CN(C)C(=O)c1cccc(NCC(=O)Nc2cccc(C(=O)Nc3cccc(C(F)(F)F)c3)c2)c1. The van der Waals surface area contributed by atoms with Crippen LogP contribution in [0.5, 0.6) is 0 Å². The van der Waals surface area contributed by atoms with Crippen molar-refractivity contribution in [3.05, 3.63) is 89.5 Å². The van der Waals surface area contributed by atoms with Crippen molar-refractivity contribution in [3.63, 3.8) is 0 Å². The number of alkyl halides is 3. The lowest BCUT2D eigenvalue weighted by molar-refractivity contribution is -0.137. The van der Waals surface area contributed by atoms with E-state index in [4.69, 9.17) is 0 Å². The molecule has 3 aromatic rings. The summed E-state index contributed by atoms with van der Waals surface area (Å²) in [5, 5.41) is 8.01. The first-order valence-electron chi connectivity index (χ1n) is 10.5. The lowest BCUT2D eigenvalue weighted by atomic mass is 10.1. The van der Waals surface area contributed by atoms with Crippen LogP contribution in [-0.2, 0) is 11.0 Å². The number of rotatable bonds is 7. The predicted molar refractivity (Wildman–Crippen MR) is 127 cm³/mol. The second-order valence-electron chi connectivity index (χ2n) is 7.80. The van der Waals surface area contributed by atoms with Gasteiger partial charge in [0.2, 0.25) is 5.91 Å². The molecule has 0 bridgehead atoms. The quantitative estimate of drug-likeness (QED) is 0.453. The number of carbonyl (C=O) groups excluding carboxylic acids is 3. The molecule has 3 aromatic carbocycles. The van der Waals surface area contributed by atoms with Gasteiger partial charge < -0.3 is 20.9 Å². The Balaban J connectivity index is 1.60. The van der Waals surface area contributed by atoms with Crippen molar-refractivity contribution in [2.24, 2.45) is 0 Å². The molecule has 0 unspecified atom stereocenters. The third kappa shape index (κ3) is 7.07. The maximum atomic E-state index is 12.9. The van der Waals surface area contributed by atoms with E-state index in [0.29, 0.717) is 16.9 Å². The highest BCUT2D eigenvalue weighted by Gasteiger charge is 2.30. The molecule has 0 aliphatic carbocycles. The van der Waals surface area contributed by atoms with Crippen molar-refractivity contribution >= 4 is 34.8 Å². The molecule has 0 radical (unpaired) electrons. The summed E-state index contributed by atoms with van der Waals surface area (Å²) in [7, 11) is 3.29. The van der Waals surface area contributed by atoms with Crippen LogP contribution in [-0.4, -0.2) is 43.3 Å². The van der Waals surface area contributed by atoms with E-state index in [1.54, 1.807) is 50.5 Å². The summed E-state index contributed by atoms with van der Waals surface area (Å²) < 4.78 is 38.7. The van der Waals surface area contributed by atoms with Gasteiger partial charge in [0, 0.05) is 42.3 Å². The summed E-state index contributed by atoms with van der Waals surface area (Å²) in [5.41, 5.74) is 0.675. The maximum absolute atomic E-state index is 12.9. The minimum absolute atomic E-state index is 0.00144. The van der Waals surface area contributed by atoms with Crippen LogP contribution in [0.25, 0.3) is 0 Å². The second kappa shape index (κ2) is 10.7. The van der Waals surface area contributed by atoms with E-state index >= 15 is 0 Å². The Morgan fingerprint density at radius 1 is 0.771 bits per heavy atom. The number of hydrogen-bond donors (Lipinski definition) is 3. The van der Waals surface area contributed by atoms with Crippen LogP contribution in [0.3, 0.4) is 0 Å². The minimum Gasteiger partial charge on any atom is -0.376 e. The summed E-state index contributed by atoms with van der Waals surface area (Å²) >= 11 is 0. The van der Waals surface area contributed by atoms with Gasteiger partial charge in [0.1, 0.15) is 0 Å². The fourth-order valence-electron chi connectivity index (χ4n) is 3.12. The monoisotopic (exact) mass is 484 g/mol. The normalized spacial score (nSPS) is 10.9. The lowest BCUT2D eigenvalue weighted by Crippen LogP contribution is -2.23.